The molecule has 1 aliphatic heterocycles. The van der Waals surface area contributed by atoms with Gasteiger partial charge in [-0.05, 0) is 66.5 Å². The van der Waals surface area contributed by atoms with Crippen molar-refractivity contribution in [2.75, 3.05) is 18.0 Å². The Kier molecular flexibility index (Phi) is 8.86. The van der Waals surface area contributed by atoms with Gasteiger partial charge in [-0.2, -0.15) is 9.97 Å². The van der Waals surface area contributed by atoms with Crippen molar-refractivity contribution in [3.63, 3.8) is 0 Å². The molecule has 0 radical (unpaired) electrons. The summed E-state index contributed by atoms with van der Waals surface area (Å²) in [6.07, 6.45) is 0.934. The number of carbonyl (C=O) groups excluding carboxylic acids is 1. The van der Waals surface area contributed by atoms with Gasteiger partial charge in [0.2, 0.25) is 11.8 Å². The average molecular weight is 617 g/mol. The Labute approximate surface area is 261 Å². The molecule has 45 heavy (non-hydrogen) atoms. The molecule has 1 unspecified atom stereocenters. The van der Waals surface area contributed by atoms with Crippen molar-refractivity contribution >= 4 is 34.1 Å². The van der Waals surface area contributed by atoms with Gasteiger partial charge in [-0.25, -0.2) is 14.6 Å². The number of piperidine rings is 1. The maximum Gasteiger partial charge on any atom is 0.407 e. The highest BCUT2D eigenvalue weighted by Crippen LogP contribution is 2.25. The van der Waals surface area contributed by atoms with Crippen LogP contribution in [0.4, 0.5) is 10.7 Å². The van der Waals surface area contributed by atoms with Crippen molar-refractivity contribution in [3.8, 4) is 17.7 Å². The molecule has 0 bridgehead atoms. The standard InChI is InChI=1S/C32H40N8O5/c1-8-9-17-39-25-26(36-29(39)38-16-12-13-21(18-38)33-30(42)45-32(4,5)6)37(7)31(43)40(28(25)41)19-24-34-23-15-11-10-14-22(23)27(35-24)44-20(2)3/h10-11,14-15,20-21H,12-13,16-19H2,1-7H3,(H,33,42). The zero-order valence-corrected chi connectivity index (χ0v) is 26.9. The summed E-state index contributed by atoms with van der Waals surface area (Å²) in [6, 6.07) is 7.26. The van der Waals surface area contributed by atoms with Gasteiger partial charge < -0.3 is 19.7 Å². The molecule has 3 aromatic heterocycles. The normalized spacial score (nSPS) is 15.3. The number of benzene rings is 1. The summed E-state index contributed by atoms with van der Waals surface area (Å²) in [4.78, 5) is 56.3. The number of ether oxygens (including phenoxy) is 2. The van der Waals surface area contributed by atoms with Crippen molar-refractivity contribution in [2.24, 2.45) is 7.05 Å². The third-order valence-electron chi connectivity index (χ3n) is 7.31. The van der Waals surface area contributed by atoms with Gasteiger partial charge >= 0.3 is 11.8 Å². The van der Waals surface area contributed by atoms with Crippen molar-refractivity contribution < 1.29 is 14.3 Å². The van der Waals surface area contributed by atoms with E-state index in [4.69, 9.17) is 14.5 Å². The number of imidazole rings is 1. The molecule has 4 aromatic rings. The van der Waals surface area contributed by atoms with Crippen LogP contribution in [0.25, 0.3) is 22.1 Å². The first-order valence-electron chi connectivity index (χ1n) is 15.1. The van der Waals surface area contributed by atoms with E-state index in [2.05, 4.69) is 27.1 Å². The van der Waals surface area contributed by atoms with Crippen LogP contribution in [0.15, 0.2) is 33.9 Å². The van der Waals surface area contributed by atoms with E-state index in [0.717, 1.165) is 22.8 Å². The minimum atomic E-state index is -0.614. The van der Waals surface area contributed by atoms with Crippen LogP contribution in [0.1, 0.15) is 60.2 Å². The van der Waals surface area contributed by atoms with Gasteiger partial charge in [0.05, 0.1) is 30.1 Å². The van der Waals surface area contributed by atoms with E-state index in [1.54, 1.807) is 18.5 Å². The number of carbonyl (C=O) groups is 1. The monoisotopic (exact) mass is 616 g/mol. The fraction of sp³-hybridized carbons (Fsp3) is 0.500. The highest BCUT2D eigenvalue weighted by atomic mass is 16.6. The molecule has 1 fully saturated rings. The van der Waals surface area contributed by atoms with Crippen molar-refractivity contribution in [2.45, 2.75) is 85.2 Å². The summed E-state index contributed by atoms with van der Waals surface area (Å²) >= 11 is 0. The number of amides is 1. The first-order chi connectivity index (χ1) is 21.4. The van der Waals surface area contributed by atoms with E-state index in [0.29, 0.717) is 30.4 Å². The SMILES string of the molecule is CC#CCn1c(N2CCCC(NC(=O)OC(C)(C)C)C2)nc2c1c(=O)n(Cc1nc(OC(C)C)c3ccccc3n1)c(=O)n2C. The van der Waals surface area contributed by atoms with Crippen molar-refractivity contribution in [1.29, 1.82) is 0 Å². The van der Waals surface area contributed by atoms with E-state index in [1.807, 2.05) is 63.8 Å². The number of para-hydroxylation sites is 1. The first-order valence-corrected chi connectivity index (χ1v) is 15.1. The summed E-state index contributed by atoms with van der Waals surface area (Å²) < 4.78 is 15.6. The van der Waals surface area contributed by atoms with E-state index < -0.39 is 22.9 Å². The van der Waals surface area contributed by atoms with Crippen LogP contribution in [-0.4, -0.2) is 65.6 Å². The van der Waals surface area contributed by atoms with Gasteiger partial charge in [-0.3, -0.25) is 18.5 Å². The summed E-state index contributed by atoms with van der Waals surface area (Å²) in [6.45, 7) is 12.1. The van der Waals surface area contributed by atoms with Crippen LogP contribution < -0.4 is 26.2 Å². The second-order valence-electron chi connectivity index (χ2n) is 12.4. The Morgan fingerprint density at radius 1 is 1.13 bits per heavy atom. The number of anilines is 1. The van der Waals surface area contributed by atoms with Gasteiger partial charge in [-0.15, -0.1) is 5.92 Å². The number of rotatable bonds is 7. The number of hydrogen-bond acceptors (Lipinski definition) is 9. The molecule has 5 rings (SSSR count). The minimum absolute atomic E-state index is 0.135. The molecule has 1 aromatic carbocycles. The van der Waals surface area contributed by atoms with Gasteiger partial charge in [0, 0.05) is 26.2 Å². The molecule has 13 heteroatoms. The number of nitrogens with one attached hydrogen (secondary N) is 1. The molecular weight excluding hydrogens is 576 g/mol. The molecule has 0 spiro atoms. The van der Waals surface area contributed by atoms with Gasteiger partial charge in [-0.1, -0.05) is 18.1 Å². The predicted octanol–water partition coefficient (Wildman–Crippen LogP) is 3.19. The maximum atomic E-state index is 14.1. The molecule has 1 N–H and O–H groups in total. The lowest BCUT2D eigenvalue weighted by Crippen LogP contribution is -2.49. The Balaban J connectivity index is 1.56. The van der Waals surface area contributed by atoms with Crippen LogP contribution >= 0.6 is 0 Å². The molecule has 0 saturated carbocycles. The average Bonchev–Trinajstić information content (AvgIpc) is 3.36. The maximum absolute atomic E-state index is 14.1. The molecule has 4 heterocycles. The topological polar surface area (TPSA) is 138 Å². The second-order valence-corrected chi connectivity index (χ2v) is 12.4. The number of aryl methyl sites for hydroxylation is 1. The number of hydrogen-bond donors (Lipinski definition) is 1. The Bertz CT molecular complexity index is 1920. The molecule has 0 aliphatic carbocycles. The lowest BCUT2D eigenvalue weighted by Gasteiger charge is -2.34. The molecule has 13 nitrogen and oxygen atoms in total. The molecule has 1 saturated heterocycles. The Morgan fingerprint density at radius 3 is 2.60 bits per heavy atom. The Hall–Kier alpha value is -4.86. The summed E-state index contributed by atoms with van der Waals surface area (Å²) in [7, 11) is 1.59. The second kappa shape index (κ2) is 12.6. The molecule has 1 amide bonds. The fourth-order valence-corrected chi connectivity index (χ4v) is 5.42. The summed E-state index contributed by atoms with van der Waals surface area (Å²) in [5.41, 5.74) is -0.535. The predicted molar refractivity (Wildman–Crippen MR) is 172 cm³/mol. The zero-order chi connectivity index (χ0) is 32.5. The minimum Gasteiger partial charge on any atom is -0.474 e. The molecule has 1 atom stereocenters. The third kappa shape index (κ3) is 6.79. The highest BCUT2D eigenvalue weighted by molar-refractivity contribution is 5.83. The van der Waals surface area contributed by atoms with Gasteiger partial charge in [0.1, 0.15) is 5.60 Å². The molecule has 238 valence electrons. The van der Waals surface area contributed by atoms with Gasteiger partial charge in [0.25, 0.3) is 5.56 Å². The molecular formula is C32H40N8O5. The number of fused-ring (bicyclic) bond motifs is 2. The Morgan fingerprint density at radius 2 is 1.89 bits per heavy atom. The highest BCUT2D eigenvalue weighted by Gasteiger charge is 2.29. The van der Waals surface area contributed by atoms with Crippen LogP contribution in [0, 0.1) is 11.8 Å². The lowest BCUT2D eigenvalue weighted by atomic mass is 10.1. The van der Waals surface area contributed by atoms with E-state index in [9.17, 15) is 14.4 Å². The largest absolute Gasteiger partial charge is 0.474 e. The van der Waals surface area contributed by atoms with Crippen LogP contribution in [-0.2, 0) is 24.9 Å². The van der Waals surface area contributed by atoms with Crippen LogP contribution in [0.3, 0.4) is 0 Å². The molecule has 1 aliphatic rings. The first kappa shape index (κ1) is 31.6. The van der Waals surface area contributed by atoms with E-state index >= 15 is 0 Å². The summed E-state index contributed by atoms with van der Waals surface area (Å²) in [5.74, 6) is 7.11. The number of alkyl carbamates (subject to hydrolysis) is 1. The van der Waals surface area contributed by atoms with Crippen molar-refractivity contribution in [3.05, 3.63) is 50.9 Å². The lowest BCUT2D eigenvalue weighted by molar-refractivity contribution is 0.0499. The summed E-state index contributed by atoms with van der Waals surface area (Å²) in [5, 5.41) is 3.70. The van der Waals surface area contributed by atoms with E-state index in [1.165, 1.54) is 4.57 Å². The number of aromatic nitrogens is 6. The van der Waals surface area contributed by atoms with Crippen molar-refractivity contribution in [1.82, 2.24) is 34.0 Å². The quantitative estimate of drug-likeness (QED) is 0.310. The third-order valence-corrected chi connectivity index (χ3v) is 7.31. The van der Waals surface area contributed by atoms with Crippen LogP contribution in [0.2, 0.25) is 0 Å². The fourth-order valence-electron chi connectivity index (χ4n) is 5.42. The zero-order valence-electron chi connectivity index (χ0n) is 26.9. The van der Waals surface area contributed by atoms with Crippen LogP contribution in [0.5, 0.6) is 5.88 Å². The smallest absolute Gasteiger partial charge is 0.407 e. The van der Waals surface area contributed by atoms with Gasteiger partial charge in [0.15, 0.2) is 17.0 Å². The van der Waals surface area contributed by atoms with E-state index in [-0.39, 0.29) is 42.2 Å². The number of nitrogens with zero attached hydrogens (tertiary/aromatic N) is 7.